The van der Waals surface area contributed by atoms with Crippen LogP contribution in [0.4, 0.5) is 0 Å². The zero-order valence-electron chi connectivity index (χ0n) is 10.9. The fraction of sp³-hybridized carbons (Fsp3) is 0.286. The van der Waals surface area contributed by atoms with Crippen LogP contribution in [0.25, 0.3) is 0 Å². The summed E-state index contributed by atoms with van der Waals surface area (Å²) >= 11 is 3.41. The van der Waals surface area contributed by atoms with Crippen LogP contribution in [0.1, 0.15) is 23.0 Å². The van der Waals surface area contributed by atoms with Gasteiger partial charge in [0.15, 0.2) is 0 Å². The molecule has 1 atom stereocenters. The topological polar surface area (TPSA) is 51.8 Å². The molecular weight excluding hydrogens is 312 g/mol. The molecule has 0 saturated carbocycles. The standard InChI is InChI=1S/C14H15BrO4/c1-8-6-9(7-19-8)13(16)10-4-5-11(17-2)12(15)14(10)18-3/h4-7,13,16H,1-3H3. The number of hydrogen-bond donors (Lipinski definition) is 1. The van der Waals surface area contributed by atoms with Crippen LogP contribution in [0.5, 0.6) is 11.5 Å². The van der Waals surface area contributed by atoms with Crippen molar-refractivity contribution in [1.29, 1.82) is 0 Å². The molecule has 2 rings (SSSR count). The van der Waals surface area contributed by atoms with Gasteiger partial charge >= 0.3 is 0 Å². The zero-order chi connectivity index (χ0) is 14.0. The molecular formula is C14H15BrO4. The van der Waals surface area contributed by atoms with Gasteiger partial charge in [0.2, 0.25) is 0 Å². The van der Waals surface area contributed by atoms with Crippen LogP contribution >= 0.6 is 15.9 Å². The highest BCUT2D eigenvalue weighted by Gasteiger charge is 2.21. The van der Waals surface area contributed by atoms with Crippen LogP contribution in [0, 0.1) is 6.92 Å². The first kappa shape index (κ1) is 14.0. The molecule has 1 unspecified atom stereocenters. The Morgan fingerprint density at radius 1 is 1.26 bits per heavy atom. The molecule has 5 heteroatoms. The van der Waals surface area contributed by atoms with Crippen LogP contribution < -0.4 is 9.47 Å². The van der Waals surface area contributed by atoms with Gasteiger partial charge in [0.05, 0.1) is 20.5 Å². The number of ether oxygens (including phenoxy) is 2. The van der Waals surface area contributed by atoms with Gasteiger partial charge in [0.25, 0.3) is 0 Å². The van der Waals surface area contributed by atoms with Gasteiger partial charge in [-0.1, -0.05) is 0 Å². The second-order valence-electron chi connectivity index (χ2n) is 4.10. The van der Waals surface area contributed by atoms with Crippen LogP contribution in [0.15, 0.2) is 33.4 Å². The van der Waals surface area contributed by atoms with Crippen molar-refractivity contribution in [2.75, 3.05) is 14.2 Å². The van der Waals surface area contributed by atoms with Crippen LogP contribution in [-0.4, -0.2) is 19.3 Å². The minimum Gasteiger partial charge on any atom is -0.495 e. The Hall–Kier alpha value is -1.46. The van der Waals surface area contributed by atoms with Gasteiger partial charge in [-0.25, -0.2) is 0 Å². The first-order valence-electron chi connectivity index (χ1n) is 5.72. The average Bonchev–Trinajstić information content (AvgIpc) is 2.84. The predicted octanol–water partition coefficient (Wildman–Crippen LogP) is 3.45. The molecule has 0 aliphatic heterocycles. The van der Waals surface area contributed by atoms with E-state index in [0.717, 1.165) is 5.76 Å². The number of aliphatic hydroxyl groups excluding tert-OH is 1. The zero-order valence-corrected chi connectivity index (χ0v) is 12.5. The molecule has 1 aromatic carbocycles. The Morgan fingerprint density at radius 3 is 2.53 bits per heavy atom. The lowest BCUT2D eigenvalue weighted by molar-refractivity contribution is 0.213. The molecule has 19 heavy (non-hydrogen) atoms. The first-order chi connectivity index (χ1) is 9.08. The van der Waals surface area contributed by atoms with Crippen LogP contribution in [-0.2, 0) is 0 Å². The molecule has 1 heterocycles. The van der Waals surface area contributed by atoms with Gasteiger partial charge in [-0.3, -0.25) is 0 Å². The summed E-state index contributed by atoms with van der Waals surface area (Å²) in [6, 6.07) is 5.34. The fourth-order valence-corrected chi connectivity index (χ4v) is 2.60. The van der Waals surface area contributed by atoms with E-state index in [1.807, 2.05) is 6.92 Å². The van der Waals surface area contributed by atoms with Crippen molar-refractivity contribution in [3.8, 4) is 11.5 Å². The van der Waals surface area contributed by atoms with Gasteiger partial charge in [-0.15, -0.1) is 0 Å². The third kappa shape index (κ3) is 2.62. The number of furan rings is 1. The van der Waals surface area contributed by atoms with Crippen molar-refractivity contribution in [2.24, 2.45) is 0 Å². The molecule has 0 spiro atoms. The molecule has 1 N–H and O–H groups in total. The van der Waals surface area contributed by atoms with Crippen molar-refractivity contribution in [2.45, 2.75) is 13.0 Å². The van der Waals surface area contributed by atoms with Gasteiger partial charge in [-0.05, 0) is 41.1 Å². The molecule has 1 aromatic heterocycles. The summed E-state index contributed by atoms with van der Waals surface area (Å²) in [5.74, 6) is 1.95. The highest BCUT2D eigenvalue weighted by molar-refractivity contribution is 9.10. The quantitative estimate of drug-likeness (QED) is 0.934. The lowest BCUT2D eigenvalue weighted by Gasteiger charge is -2.16. The van der Waals surface area contributed by atoms with E-state index >= 15 is 0 Å². The number of benzene rings is 1. The molecule has 0 fully saturated rings. The third-order valence-electron chi connectivity index (χ3n) is 2.88. The summed E-state index contributed by atoms with van der Waals surface area (Å²) in [5, 5.41) is 10.4. The van der Waals surface area contributed by atoms with E-state index in [9.17, 15) is 5.11 Å². The van der Waals surface area contributed by atoms with Crippen LogP contribution in [0.2, 0.25) is 0 Å². The van der Waals surface area contributed by atoms with Crippen LogP contribution in [0.3, 0.4) is 0 Å². The molecule has 2 aromatic rings. The Labute approximate surface area is 120 Å². The highest BCUT2D eigenvalue weighted by Crippen LogP contribution is 2.41. The van der Waals surface area contributed by atoms with E-state index in [2.05, 4.69) is 15.9 Å². The summed E-state index contributed by atoms with van der Waals surface area (Å²) in [7, 11) is 3.13. The summed E-state index contributed by atoms with van der Waals surface area (Å²) in [5.41, 5.74) is 1.34. The van der Waals surface area contributed by atoms with Gasteiger partial charge < -0.3 is 19.0 Å². The van der Waals surface area contributed by atoms with E-state index in [0.29, 0.717) is 27.1 Å². The molecule has 0 saturated heterocycles. The van der Waals surface area contributed by atoms with Crippen molar-refractivity contribution in [1.82, 2.24) is 0 Å². The number of aliphatic hydroxyl groups is 1. The molecule has 4 nitrogen and oxygen atoms in total. The largest absolute Gasteiger partial charge is 0.495 e. The minimum absolute atomic E-state index is 0.547. The number of methoxy groups -OCH3 is 2. The minimum atomic E-state index is -0.811. The number of hydrogen-bond acceptors (Lipinski definition) is 4. The smallest absolute Gasteiger partial charge is 0.142 e. The highest BCUT2D eigenvalue weighted by atomic mass is 79.9. The van der Waals surface area contributed by atoms with E-state index in [1.54, 1.807) is 32.4 Å². The van der Waals surface area contributed by atoms with E-state index in [4.69, 9.17) is 13.9 Å². The predicted molar refractivity (Wildman–Crippen MR) is 74.8 cm³/mol. The second-order valence-corrected chi connectivity index (χ2v) is 4.89. The molecule has 0 aliphatic carbocycles. The number of rotatable bonds is 4. The fourth-order valence-electron chi connectivity index (χ4n) is 1.92. The van der Waals surface area contributed by atoms with Gasteiger partial charge in [0.1, 0.15) is 27.8 Å². The van der Waals surface area contributed by atoms with Gasteiger partial charge in [0, 0.05) is 11.1 Å². The van der Waals surface area contributed by atoms with E-state index in [-0.39, 0.29) is 0 Å². The Morgan fingerprint density at radius 2 is 2.00 bits per heavy atom. The van der Waals surface area contributed by atoms with Crippen molar-refractivity contribution in [3.05, 3.63) is 45.8 Å². The Balaban J connectivity index is 2.47. The van der Waals surface area contributed by atoms with Crippen molar-refractivity contribution in [3.63, 3.8) is 0 Å². The molecule has 0 radical (unpaired) electrons. The van der Waals surface area contributed by atoms with Gasteiger partial charge in [-0.2, -0.15) is 0 Å². The van der Waals surface area contributed by atoms with Crippen molar-refractivity contribution < 1.29 is 19.0 Å². The second kappa shape index (κ2) is 5.67. The third-order valence-corrected chi connectivity index (χ3v) is 3.63. The first-order valence-corrected chi connectivity index (χ1v) is 6.51. The monoisotopic (exact) mass is 326 g/mol. The molecule has 0 bridgehead atoms. The maximum absolute atomic E-state index is 10.4. The molecule has 0 amide bonds. The maximum Gasteiger partial charge on any atom is 0.142 e. The van der Waals surface area contributed by atoms with Crippen molar-refractivity contribution >= 4 is 15.9 Å². The normalized spacial score (nSPS) is 12.3. The van der Waals surface area contributed by atoms with E-state index < -0.39 is 6.10 Å². The Kier molecular flexibility index (Phi) is 4.17. The lowest BCUT2D eigenvalue weighted by Crippen LogP contribution is -2.02. The lowest BCUT2D eigenvalue weighted by atomic mass is 10.0. The molecule has 102 valence electrons. The summed E-state index contributed by atoms with van der Waals surface area (Å²) in [6.45, 7) is 1.83. The average molecular weight is 327 g/mol. The number of aryl methyl sites for hydroxylation is 1. The van der Waals surface area contributed by atoms with E-state index in [1.165, 1.54) is 6.26 Å². The number of halogens is 1. The summed E-state index contributed by atoms with van der Waals surface area (Å²) in [6.07, 6.45) is 0.729. The SMILES string of the molecule is COc1ccc(C(O)c2coc(C)c2)c(OC)c1Br. The molecule has 0 aliphatic rings. The summed E-state index contributed by atoms with van der Waals surface area (Å²) < 4.78 is 16.4. The maximum atomic E-state index is 10.4. The Bertz CT molecular complexity index is 577. The summed E-state index contributed by atoms with van der Waals surface area (Å²) in [4.78, 5) is 0.